The molecule has 1 aromatic heterocycles. The van der Waals surface area contributed by atoms with Gasteiger partial charge in [-0.15, -0.1) is 0 Å². The highest BCUT2D eigenvalue weighted by atomic mass is 79.9. The summed E-state index contributed by atoms with van der Waals surface area (Å²) in [4.78, 5) is 3.17. The molecule has 0 spiro atoms. The molecule has 5 heteroatoms. The Kier molecular flexibility index (Phi) is 3.24. The third-order valence-electron chi connectivity index (χ3n) is 2.99. The van der Waals surface area contributed by atoms with Gasteiger partial charge < -0.3 is 9.55 Å². The van der Waals surface area contributed by atoms with Gasteiger partial charge in [-0.2, -0.15) is 0 Å². The molecule has 0 saturated carbocycles. The number of aromatic amines is 1. The summed E-state index contributed by atoms with van der Waals surface area (Å²) in [5, 5.41) is 0. The smallest absolute Gasteiger partial charge is 0.178 e. The number of fused-ring (bicyclic) bond motifs is 1. The fourth-order valence-electron chi connectivity index (χ4n) is 2.07. The van der Waals surface area contributed by atoms with Crippen molar-refractivity contribution in [2.24, 2.45) is 0 Å². The predicted octanol–water partition coefficient (Wildman–Crippen LogP) is 4.65. The molecule has 0 saturated heterocycles. The fraction of sp³-hybridized carbons (Fsp3) is 0.0714. The average molecular weight is 337 g/mol. The second-order valence-corrected chi connectivity index (χ2v) is 5.61. The van der Waals surface area contributed by atoms with Gasteiger partial charge in [0.15, 0.2) is 4.77 Å². The van der Waals surface area contributed by atoms with E-state index in [9.17, 15) is 4.39 Å². The Bertz CT molecular complexity index is 789. The lowest BCUT2D eigenvalue weighted by Gasteiger charge is -2.05. The Hall–Kier alpha value is -1.46. The normalized spacial score (nSPS) is 11.1. The van der Waals surface area contributed by atoms with Crippen LogP contribution in [-0.2, 0) is 6.54 Å². The van der Waals surface area contributed by atoms with Crippen LogP contribution in [0.5, 0.6) is 0 Å². The van der Waals surface area contributed by atoms with Gasteiger partial charge in [-0.1, -0.05) is 28.1 Å². The van der Waals surface area contributed by atoms with E-state index in [1.807, 2.05) is 22.8 Å². The number of rotatable bonds is 2. The molecule has 0 fully saturated rings. The molecule has 2 nitrogen and oxygen atoms in total. The molecule has 0 aliphatic carbocycles. The monoisotopic (exact) mass is 336 g/mol. The SMILES string of the molecule is Fc1ccc(Cn2c(=S)[nH]c3cc(Br)ccc32)cc1. The maximum absolute atomic E-state index is 12.9. The summed E-state index contributed by atoms with van der Waals surface area (Å²) in [6.45, 7) is 0.626. The fourth-order valence-corrected chi connectivity index (χ4v) is 2.70. The first-order valence-corrected chi connectivity index (χ1v) is 6.96. The average Bonchev–Trinajstić information content (AvgIpc) is 2.68. The number of halogens is 2. The summed E-state index contributed by atoms with van der Waals surface area (Å²) in [7, 11) is 0. The van der Waals surface area contributed by atoms with E-state index in [1.165, 1.54) is 12.1 Å². The predicted molar refractivity (Wildman–Crippen MR) is 80.3 cm³/mol. The van der Waals surface area contributed by atoms with Crippen LogP contribution in [-0.4, -0.2) is 9.55 Å². The second kappa shape index (κ2) is 4.90. The topological polar surface area (TPSA) is 20.7 Å². The van der Waals surface area contributed by atoms with Crippen molar-refractivity contribution in [3.05, 3.63) is 63.1 Å². The lowest BCUT2D eigenvalue weighted by Crippen LogP contribution is -1.99. The molecule has 0 radical (unpaired) electrons. The quantitative estimate of drug-likeness (QED) is 0.675. The van der Waals surface area contributed by atoms with Gasteiger partial charge in [0.05, 0.1) is 17.6 Å². The lowest BCUT2D eigenvalue weighted by atomic mass is 10.2. The maximum Gasteiger partial charge on any atom is 0.178 e. The Balaban J connectivity index is 2.07. The van der Waals surface area contributed by atoms with E-state index in [0.29, 0.717) is 11.3 Å². The van der Waals surface area contributed by atoms with Crippen LogP contribution in [0.25, 0.3) is 11.0 Å². The van der Waals surface area contributed by atoms with Crippen LogP contribution in [0.3, 0.4) is 0 Å². The molecule has 0 unspecified atom stereocenters. The summed E-state index contributed by atoms with van der Waals surface area (Å²) in [6, 6.07) is 12.5. The largest absolute Gasteiger partial charge is 0.331 e. The molecule has 96 valence electrons. The molecular formula is C14H10BrFN2S. The van der Waals surface area contributed by atoms with Crippen molar-refractivity contribution >= 4 is 39.2 Å². The van der Waals surface area contributed by atoms with E-state index < -0.39 is 0 Å². The number of nitrogens with zero attached hydrogens (tertiary/aromatic N) is 1. The van der Waals surface area contributed by atoms with Crippen molar-refractivity contribution in [2.75, 3.05) is 0 Å². The van der Waals surface area contributed by atoms with Gasteiger partial charge in [0.2, 0.25) is 0 Å². The van der Waals surface area contributed by atoms with Gasteiger partial charge in [0, 0.05) is 4.47 Å². The molecule has 1 N–H and O–H groups in total. The van der Waals surface area contributed by atoms with Gasteiger partial charge in [-0.05, 0) is 48.1 Å². The second-order valence-electron chi connectivity index (χ2n) is 4.30. The van der Waals surface area contributed by atoms with E-state index in [0.717, 1.165) is 21.1 Å². The van der Waals surface area contributed by atoms with Gasteiger partial charge in [-0.25, -0.2) is 4.39 Å². The van der Waals surface area contributed by atoms with Gasteiger partial charge in [0.25, 0.3) is 0 Å². The van der Waals surface area contributed by atoms with Crippen LogP contribution in [0.2, 0.25) is 0 Å². The Morgan fingerprint density at radius 1 is 1.16 bits per heavy atom. The zero-order valence-corrected chi connectivity index (χ0v) is 12.3. The van der Waals surface area contributed by atoms with Crippen molar-refractivity contribution in [2.45, 2.75) is 6.54 Å². The molecule has 0 atom stereocenters. The number of hydrogen-bond acceptors (Lipinski definition) is 1. The molecule has 1 heterocycles. The first kappa shape index (κ1) is 12.6. The standard InChI is InChI=1S/C14H10BrFN2S/c15-10-3-6-13-12(7-10)17-14(19)18(13)8-9-1-4-11(16)5-2-9/h1-7H,8H2,(H,17,19). The summed E-state index contributed by atoms with van der Waals surface area (Å²) < 4.78 is 16.6. The first-order valence-electron chi connectivity index (χ1n) is 5.76. The zero-order valence-electron chi connectivity index (χ0n) is 9.86. The highest BCUT2D eigenvalue weighted by molar-refractivity contribution is 9.10. The van der Waals surface area contributed by atoms with E-state index in [2.05, 4.69) is 20.9 Å². The molecule has 0 amide bonds. The lowest BCUT2D eigenvalue weighted by molar-refractivity contribution is 0.626. The number of benzene rings is 2. The minimum absolute atomic E-state index is 0.227. The maximum atomic E-state index is 12.9. The van der Waals surface area contributed by atoms with E-state index in [1.54, 1.807) is 12.1 Å². The van der Waals surface area contributed by atoms with E-state index in [4.69, 9.17) is 12.2 Å². The van der Waals surface area contributed by atoms with Crippen molar-refractivity contribution in [1.29, 1.82) is 0 Å². The summed E-state index contributed by atoms with van der Waals surface area (Å²) in [5.74, 6) is -0.227. The minimum Gasteiger partial charge on any atom is -0.331 e. The number of imidazole rings is 1. The van der Waals surface area contributed by atoms with Crippen molar-refractivity contribution < 1.29 is 4.39 Å². The minimum atomic E-state index is -0.227. The molecule has 19 heavy (non-hydrogen) atoms. The third-order valence-corrected chi connectivity index (χ3v) is 3.81. The number of hydrogen-bond donors (Lipinski definition) is 1. The first-order chi connectivity index (χ1) is 9.13. The summed E-state index contributed by atoms with van der Waals surface area (Å²) in [6.07, 6.45) is 0. The van der Waals surface area contributed by atoms with Gasteiger partial charge >= 0.3 is 0 Å². The highest BCUT2D eigenvalue weighted by Crippen LogP contribution is 2.20. The van der Waals surface area contributed by atoms with Crippen molar-refractivity contribution in [3.8, 4) is 0 Å². The summed E-state index contributed by atoms with van der Waals surface area (Å²) in [5.41, 5.74) is 3.04. The molecule has 0 bridgehead atoms. The Morgan fingerprint density at radius 2 is 1.89 bits per heavy atom. The Morgan fingerprint density at radius 3 is 2.63 bits per heavy atom. The van der Waals surface area contributed by atoms with Crippen LogP contribution < -0.4 is 0 Å². The van der Waals surface area contributed by atoms with Gasteiger partial charge in [-0.3, -0.25) is 0 Å². The molecule has 0 aliphatic rings. The van der Waals surface area contributed by atoms with Crippen LogP contribution in [0.4, 0.5) is 4.39 Å². The van der Waals surface area contributed by atoms with Crippen LogP contribution in [0.15, 0.2) is 46.9 Å². The molecule has 2 aromatic carbocycles. The van der Waals surface area contributed by atoms with Gasteiger partial charge in [0.1, 0.15) is 5.82 Å². The number of nitrogens with one attached hydrogen (secondary N) is 1. The molecule has 0 aliphatic heterocycles. The van der Waals surface area contributed by atoms with Crippen LogP contribution in [0.1, 0.15) is 5.56 Å². The zero-order chi connectivity index (χ0) is 13.4. The van der Waals surface area contributed by atoms with E-state index >= 15 is 0 Å². The summed E-state index contributed by atoms with van der Waals surface area (Å²) >= 11 is 8.78. The highest BCUT2D eigenvalue weighted by Gasteiger charge is 2.05. The van der Waals surface area contributed by atoms with Crippen molar-refractivity contribution in [1.82, 2.24) is 9.55 Å². The number of aromatic nitrogens is 2. The van der Waals surface area contributed by atoms with Crippen LogP contribution in [0, 0.1) is 10.6 Å². The molecular weight excluding hydrogens is 327 g/mol. The third kappa shape index (κ3) is 2.48. The number of H-pyrrole nitrogens is 1. The van der Waals surface area contributed by atoms with E-state index in [-0.39, 0.29) is 5.82 Å². The van der Waals surface area contributed by atoms with Crippen LogP contribution >= 0.6 is 28.1 Å². The Labute approximate surface area is 123 Å². The molecule has 3 rings (SSSR count). The molecule has 3 aromatic rings. The van der Waals surface area contributed by atoms with Crippen molar-refractivity contribution in [3.63, 3.8) is 0 Å².